The first-order chi connectivity index (χ1) is 17.3. The molecule has 0 radical (unpaired) electrons. The van der Waals surface area contributed by atoms with Crippen LogP contribution in [0.15, 0.2) is 18.2 Å². The third-order valence-electron chi connectivity index (χ3n) is 8.05. The van der Waals surface area contributed by atoms with Crippen LogP contribution in [0, 0.1) is 17.7 Å². The van der Waals surface area contributed by atoms with Crippen molar-refractivity contribution in [2.45, 2.75) is 56.8 Å². The number of hydrogen-bond donors (Lipinski definition) is 2. The van der Waals surface area contributed by atoms with E-state index in [-0.39, 0.29) is 56.0 Å². The number of aliphatic hydroxyl groups excluding tert-OH is 2. The highest BCUT2D eigenvalue weighted by atomic mass is 35.5. The van der Waals surface area contributed by atoms with Gasteiger partial charge in [0.1, 0.15) is 11.6 Å². The fraction of sp³-hybridized carbons (Fsp3) is 0.654. The number of ketones is 1. The van der Waals surface area contributed by atoms with Gasteiger partial charge >= 0.3 is 0 Å². The number of carbonyl (C=O) groups excluding carboxylic acids is 3. The van der Waals surface area contributed by atoms with Crippen LogP contribution in [0.3, 0.4) is 0 Å². The molecule has 2 aliphatic carbocycles. The Morgan fingerprint density at radius 1 is 0.946 bits per heavy atom. The maximum atomic E-state index is 14.0. The van der Waals surface area contributed by atoms with Gasteiger partial charge in [0.05, 0.1) is 48.9 Å². The number of fused-ring (bicyclic) bond motifs is 1. The van der Waals surface area contributed by atoms with Crippen molar-refractivity contribution < 1.29 is 33.7 Å². The van der Waals surface area contributed by atoms with E-state index in [0.717, 1.165) is 36.3 Å². The summed E-state index contributed by atoms with van der Waals surface area (Å²) in [5, 5.41) is 19.8. The highest BCUT2D eigenvalue weighted by Gasteiger charge is 2.52. The molecule has 2 heterocycles. The SMILES string of the molecule is Cl.O=C(CN1CCN(c2cc(F)ccc2OC2CCCC2)CC1)CN1C(=O)C2CC(O)C(O)CC2C1=O. The number of benzene rings is 1. The van der Waals surface area contributed by atoms with Crippen molar-refractivity contribution in [1.82, 2.24) is 9.80 Å². The van der Waals surface area contributed by atoms with Crippen LogP contribution in [0.1, 0.15) is 38.5 Å². The molecule has 0 bridgehead atoms. The molecule has 9 nitrogen and oxygen atoms in total. The summed E-state index contributed by atoms with van der Waals surface area (Å²) in [5.41, 5.74) is 0.730. The normalized spacial score (nSPS) is 28.8. The van der Waals surface area contributed by atoms with E-state index in [1.54, 1.807) is 6.07 Å². The van der Waals surface area contributed by atoms with Gasteiger partial charge in [-0.1, -0.05) is 0 Å². The Hall–Kier alpha value is -2.27. The number of aliphatic hydroxyl groups is 2. The van der Waals surface area contributed by atoms with Crippen LogP contribution in [0.5, 0.6) is 5.75 Å². The summed E-state index contributed by atoms with van der Waals surface area (Å²) in [6, 6.07) is 4.61. The molecule has 2 amide bonds. The molecule has 204 valence electrons. The number of nitrogens with zero attached hydrogens (tertiary/aromatic N) is 3. The van der Waals surface area contributed by atoms with Gasteiger partial charge in [0.25, 0.3) is 0 Å². The average Bonchev–Trinajstić information content (AvgIpc) is 3.44. The summed E-state index contributed by atoms with van der Waals surface area (Å²) in [6.45, 7) is 2.17. The Bertz CT molecular complexity index is 986. The van der Waals surface area contributed by atoms with Gasteiger partial charge in [-0.2, -0.15) is 0 Å². The molecule has 2 N–H and O–H groups in total. The standard InChI is InChI=1S/C26H34FN3O6.ClH/c27-16-5-6-24(36-18-3-1-2-4-18)21(11-16)29-9-7-28(8-10-29)14-17(31)15-30-25(34)19-12-22(32)23(33)13-20(19)26(30)35;/h5-6,11,18-20,22-23,32-33H,1-4,7-10,12-15H2;1H. The monoisotopic (exact) mass is 539 g/mol. The van der Waals surface area contributed by atoms with Crippen LogP contribution >= 0.6 is 12.4 Å². The molecule has 0 spiro atoms. The fourth-order valence-corrected chi connectivity index (χ4v) is 6.02. The van der Waals surface area contributed by atoms with Crippen molar-refractivity contribution in [3.63, 3.8) is 0 Å². The van der Waals surface area contributed by atoms with Gasteiger partial charge in [0.15, 0.2) is 5.78 Å². The number of Topliss-reactive ketones (excluding diaryl/α,β-unsaturated/α-hetero) is 1. The minimum atomic E-state index is -1.03. The van der Waals surface area contributed by atoms with Crippen LogP contribution in [-0.4, -0.2) is 95.2 Å². The second-order valence-corrected chi connectivity index (χ2v) is 10.5. The minimum Gasteiger partial charge on any atom is -0.488 e. The third-order valence-corrected chi connectivity index (χ3v) is 8.05. The van der Waals surface area contributed by atoms with Gasteiger partial charge in [-0.3, -0.25) is 24.2 Å². The summed E-state index contributed by atoms with van der Waals surface area (Å²) >= 11 is 0. The van der Waals surface area contributed by atoms with E-state index in [1.165, 1.54) is 12.1 Å². The molecular formula is C26H35ClFN3O6. The zero-order chi connectivity index (χ0) is 25.4. The number of amides is 2. The van der Waals surface area contributed by atoms with Crippen LogP contribution < -0.4 is 9.64 Å². The number of imide groups is 1. The summed E-state index contributed by atoms with van der Waals surface area (Å²) in [7, 11) is 0. The predicted molar refractivity (Wildman–Crippen MR) is 135 cm³/mol. The number of likely N-dealkylation sites (tertiary alicyclic amines) is 1. The number of carbonyl (C=O) groups is 3. The molecule has 0 aromatic heterocycles. The van der Waals surface area contributed by atoms with E-state index in [4.69, 9.17) is 4.74 Å². The molecule has 11 heteroatoms. The Morgan fingerprint density at radius 3 is 2.14 bits per heavy atom. The number of halogens is 2. The lowest BCUT2D eigenvalue weighted by molar-refractivity contribution is -0.143. The van der Waals surface area contributed by atoms with Crippen molar-refractivity contribution >= 4 is 35.7 Å². The molecule has 4 unspecified atom stereocenters. The number of piperazine rings is 1. The van der Waals surface area contributed by atoms with Crippen LogP contribution in [-0.2, 0) is 14.4 Å². The van der Waals surface area contributed by atoms with E-state index in [2.05, 4.69) is 4.90 Å². The first-order valence-corrected chi connectivity index (χ1v) is 13.0. The molecule has 2 aliphatic heterocycles. The third kappa shape index (κ3) is 5.92. The summed E-state index contributed by atoms with van der Waals surface area (Å²) in [6.07, 6.45) is 2.50. The molecular weight excluding hydrogens is 505 g/mol. The fourth-order valence-electron chi connectivity index (χ4n) is 6.02. The maximum Gasteiger partial charge on any atom is 0.233 e. The lowest BCUT2D eigenvalue weighted by Gasteiger charge is -2.36. The number of rotatable bonds is 7. The van der Waals surface area contributed by atoms with E-state index in [9.17, 15) is 29.0 Å². The second kappa shape index (κ2) is 11.6. The van der Waals surface area contributed by atoms with Crippen molar-refractivity contribution in [1.29, 1.82) is 0 Å². The van der Waals surface area contributed by atoms with Gasteiger partial charge < -0.3 is 19.8 Å². The van der Waals surface area contributed by atoms with Crippen LogP contribution in [0.25, 0.3) is 0 Å². The van der Waals surface area contributed by atoms with E-state index < -0.39 is 35.9 Å². The first kappa shape index (κ1) is 27.8. The quantitative estimate of drug-likeness (QED) is 0.500. The Kier molecular flexibility index (Phi) is 8.73. The molecule has 1 aromatic rings. The number of ether oxygens (including phenoxy) is 1. The molecule has 4 fully saturated rings. The van der Waals surface area contributed by atoms with Crippen molar-refractivity contribution in [2.75, 3.05) is 44.2 Å². The van der Waals surface area contributed by atoms with Gasteiger partial charge in [-0.05, 0) is 50.7 Å². The van der Waals surface area contributed by atoms with Crippen molar-refractivity contribution in [2.24, 2.45) is 11.8 Å². The number of anilines is 1. The van der Waals surface area contributed by atoms with Crippen LogP contribution in [0.4, 0.5) is 10.1 Å². The topological polar surface area (TPSA) is 111 Å². The summed E-state index contributed by atoms with van der Waals surface area (Å²) in [5.74, 6) is -2.07. The molecule has 5 rings (SSSR count). The zero-order valence-electron chi connectivity index (χ0n) is 20.8. The highest BCUT2D eigenvalue weighted by Crippen LogP contribution is 2.38. The molecule has 2 saturated heterocycles. The van der Waals surface area contributed by atoms with E-state index in [1.807, 2.05) is 4.90 Å². The average molecular weight is 540 g/mol. The van der Waals surface area contributed by atoms with E-state index >= 15 is 0 Å². The zero-order valence-corrected chi connectivity index (χ0v) is 21.6. The van der Waals surface area contributed by atoms with Crippen LogP contribution in [0.2, 0.25) is 0 Å². The van der Waals surface area contributed by atoms with E-state index in [0.29, 0.717) is 31.9 Å². The molecule has 2 saturated carbocycles. The minimum absolute atomic E-state index is 0. The summed E-state index contributed by atoms with van der Waals surface area (Å²) in [4.78, 5) is 43.2. The Balaban J connectivity index is 0.00000320. The lowest BCUT2D eigenvalue weighted by atomic mass is 9.78. The van der Waals surface area contributed by atoms with Gasteiger partial charge in [-0.25, -0.2) is 4.39 Å². The van der Waals surface area contributed by atoms with Gasteiger partial charge in [0, 0.05) is 32.2 Å². The van der Waals surface area contributed by atoms with Crippen molar-refractivity contribution in [3.8, 4) is 5.75 Å². The molecule has 1 aromatic carbocycles. The predicted octanol–water partition coefficient (Wildman–Crippen LogP) is 1.38. The van der Waals surface area contributed by atoms with Gasteiger partial charge in [0.2, 0.25) is 11.8 Å². The Morgan fingerprint density at radius 2 is 1.54 bits per heavy atom. The highest BCUT2D eigenvalue weighted by molar-refractivity contribution is 6.07. The Labute approximate surface area is 221 Å². The number of hydrogen-bond acceptors (Lipinski definition) is 8. The van der Waals surface area contributed by atoms with Crippen molar-refractivity contribution in [3.05, 3.63) is 24.0 Å². The summed E-state index contributed by atoms with van der Waals surface area (Å²) < 4.78 is 20.2. The maximum absolute atomic E-state index is 14.0. The largest absolute Gasteiger partial charge is 0.488 e. The molecule has 4 atom stereocenters. The smallest absolute Gasteiger partial charge is 0.233 e. The second-order valence-electron chi connectivity index (χ2n) is 10.5. The van der Waals surface area contributed by atoms with Gasteiger partial charge in [-0.15, -0.1) is 12.4 Å². The molecule has 37 heavy (non-hydrogen) atoms. The lowest BCUT2D eigenvalue weighted by Crippen LogP contribution is -2.49. The molecule has 4 aliphatic rings. The first-order valence-electron chi connectivity index (χ1n) is 13.0.